The Morgan fingerprint density at radius 1 is 0.981 bits per heavy atom. The van der Waals surface area contributed by atoms with Crippen molar-refractivity contribution in [3.63, 3.8) is 0 Å². The van der Waals surface area contributed by atoms with Crippen LogP contribution in [0.5, 0.6) is 11.6 Å². The highest BCUT2D eigenvalue weighted by Gasteiger charge is 2.28. The predicted octanol–water partition coefficient (Wildman–Crippen LogP) is 8.80. The third-order valence-electron chi connectivity index (χ3n) is 8.69. The zero-order valence-electron chi connectivity index (χ0n) is 29.8. The molecule has 1 aliphatic rings. The molecule has 1 atom stereocenters. The summed E-state index contributed by atoms with van der Waals surface area (Å²) >= 11 is 0. The second-order valence-corrected chi connectivity index (χ2v) is 16.1. The maximum atomic E-state index is 15.4. The molecule has 3 aromatic carbocycles. The number of fused-ring (bicyclic) bond motifs is 1. The number of carbonyl (C=O) groups is 1. The summed E-state index contributed by atoms with van der Waals surface area (Å²) < 4.78 is 79.9. The van der Waals surface area contributed by atoms with Gasteiger partial charge in [0.15, 0.2) is 9.84 Å². The average Bonchev–Trinajstić information content (AvgIpc) is 3.10. The van der Waals surface area contributed by atoms with Crippen molar-refractivity contribution in [3.05, 3.63) is 107 Å². The van der Waals surface area contributed by atoms with Crippen molar-refractivity contribution >= 4 is 32.7 Å². The minimum atomic E-state index is -3.92. The normalized spacial score (nSPS) is 15.1. The number of alkyl halides is 2. The minimum Gasteiger partial charge on any atom is -0.444 e. The van der Waals surface area contributed by atoms with E-state index >= 15 is 4.39 Å². The number of hydrogen-bond donors (Lipinski definition) is 1. The molecule has 0 radical (unpaired) electrons. The number of piperidine rings is 1. The SMILES string of the molecule is Cc1ccc2c(CS(=O)(=O)Cc3ccc(C(F)F)cc3)c(F)ccc2c1Oc1ncccc1-c1ccnc(N[C@H]2CCCN(C(=O)OC(C)(C)C)C2)n1. The molecule has 0 saturated carbocycles. The molecule has 10 nitrogen and oxygen atoms in total. The van der Waals surface area contributed by atoms with Gasteiger partial charge in [0.25, 0.3) is 6.43 Å². The van der Waals surface area contributed by atoms with Crippen LogP contribution in [-0.2, 0) is 26.1 Å². The fourth-order valence-electron chi connectivity index (χ4n) is 6.20. The van der Waals surface area contributed by atoms with Gasteiger partial charge in [-0.15, -0.1) is 0 Å². The van der Waals surface area contributed by atoms with Crippen LogP contribution in [0.15, 0.2) is 79.1 Å². The summed E-state index contributed by atoms with van der Waals surface area (Å²) in [5.41, 5.74) is 1.25. The van der Waals surface area contributed by atoms with Gasteiger partial charge in [-0.1, -0.05) is 36.4 Å². The molecule has 1 amide bonds. The van der Waals surface area contributed by atoms with Crippen molar-refractivity contribution in [2.75, 3.05) is 18.4 Å². The Bertz CT molecular complexity index is 2230. The van der Waals surface area contributed by atoms with Gasteiger partial charge in [0.2, 0.25) is 11.8 Å². The first-order valence-corrected chi connectivity index (χ1v) is 19.0. The van der Waals surface area contributed by atoms with E-state index in [-0.39, 0.29) is 29.1 Å². The molecule has 6 rings (SSSR count). The van der Waals surface area contributed by atoms with Crippen molar-refractivity contribution in [1.82, 2.24) is 19.9 Å². The number of pyridine rings is 1. The van der Waals surface area contributed by atoms with Crippen molar-refractivity contribution < 1.29 is 35.9 Å². The first-order valence-electron chi connectivity index (χ1n) is 17.1. The maximum Gasteiger partial charge on any atom is 0.410 e. The molecule has 14 heteroatoms. The van der Waals surface area contributed by atoms with Crippen LogP contribution in [0.3, 0.4) is 0 Å². The lowest BCUT2D eigenvalue weighted by Crippen LogP contribution is -2.47. The Morgan fingerprint density at radius 3 is 2.47 bits per heavy atom. The van der Waals surface area contributed by atoms with Crippen molar-refractivity contribution in [2.24, 2.45) is 0 Å². The summed E-state index contributed by atoms with van der Waals surface area (Å²) in [5.74, 6) is -0.821. The first kappa shape index (κ1) is 37.5. The quantitative estimate of drug-likeness (QED) is 0.149. The number of rotatable bonds is 10. The highest BCUT2D eigenvalue weighted by Crippen LogP contribution is 2.39. The molecule has 0 unspecified atom stereocenters. The molecule has 1 saturated heterocycles. The number of nitrogens with zero attached hydrogens (tertiary/aromatic N) is 4. The topological polar surface area (TPSA) is 124 Å². The highest BCUT2D eigenvalue weighted by molar-refractivity contribution is 7.89. The number of carbonyl (C=O) groups excluding carboxylic acids is 1. The van der Waals surface area contributed by atoms with E-state index in [1.54, 1.807) is 47.6 Å². The summed E-state index contributed by atoms with van der Waals surface area (Å²) in [6.07, 6.45) is 1.74. The third kappa shape index (κ3) is 9.23. The van der Waals surface area contributed by atoms with E-state index in [0.717, 1.165) is 12.8 Å². The lowest BCUT2D eigenvalue weighted by molar-refractivity contribution is 0.0206. The van der Waals surface area contributed by atoms with Crippen LogP contribution in [0.1, 0.15) is 62.3 Å². The number of hydrogen-bond acceptors (Lipinski definition) is 9. The van der Waals surface area contributed by atoms with Crippen LogP contribution in [0.4, 0.5) is 23.9 Å². The number of amides is 1. The molecule has 53 heavy (non-hydrogen) atoms. The lowest BCUT2D eigenvalue weighted by Gasteiger charge is -2.34. The van der Waals surface area contributed by atoms with Gasteiger partial charge in [0.1, 0.15) is 17.2 Å². The molecule has 0 bridgehead atoms. The standard InChI is InChI=1S/C39H40F3N5O5S/c1-24-9-14-28-29(15-16-32(40)31(28)23-53(49,50)22-25-10-12-26(13-11-25)35(41)42)34(24)51-36-30(8-5-18-43-36)33-17-19-44-37(46-33)45-27-7-6-20-47(21-27)38(48)52-39(2,3)4/h5,8-19,27,35H,6-7,20-23H2,1-4H3,(H,44,45,46)/t27-/m0/s1. The number of aryl methyl sites for hydroxylation is 1. The van der Waals surface area contributed by atoms with Gasteiger partial charge >= 0.3 is 6.09 Å². The molecule has 0 spiro atoms. The minimum absolute atomic E-state index is 0.0303. The number of likely N-dealkylation sites (tertiary alicyclic amines) is 1. The number of benzene rings is 3. The van der Waals surface area contributed by atoms with Crippen LogP contribution < -0.4 is 10.1 Å². The van der Waals surface area contributed by atoms with Crippen LogP contribution in [0, 0.1) is 12.7 Å². The smallest absolute Gasteiger partial charge is 0.410 e. The molecular weight excluding hydrogens is 708 g/mol. The first-order chi connectivity index (χ1) is 25.2. The highest BCUT2D eigenvalue weighted by atomic mass is 32.2. The fraction of sp³-hybridized carbons (Fsp3) is 0.333. The van der Waals surface area contributed by atoms with Crippen molar-refractivity contribution in [3.8, 4) is 22.9 Å². The monoisotopic (exact) mass is 747 g/mol. The largest absolute Gasteiger partial charge is 0.444 e. The van der Waals surface area contributed by atoms with Crippen LogP contribution in [0.25, 0.3) is 22.0 Å². The Balaban J connectivity index is 1.24. The summed E-state index contributed by atoms with van der Waals surface area (Å²) in [4.78, 5) is 28.0. The van der Waals surface area contributed by atoms with Gasteiger partial charge in [-0.2, -0.15) is 0 Å². The van der Waals surface area contributed by atoms with E-state index in [0.29, 0.717) is 57.9 Å². The van der Waals surface area contributed by atoms with Crippen LogP contribution in [-0.4, -0.2) is 59.1 Å². The number of ether oxygens (including phenoxy) is 2. The lowest BCUT2D eigenvalue weighted by atomic mass is 10.0. The van der Waals surface area contributed by atoms with E-state index in [9.17, 15) is 22.0 Å². The summed E-state index contributed by atoms with van der Waals surface area (Å²) in [6.45, 7) is 8.35. The number of sulfone groups is 1. The molecule has 2 aromatic heterocycles. The van der Waals surface area contributed by atoms with Crippen LogP contribution >= 0.6 is 0 Å². The summed E-state index contributed by atoms with van der Waals surface area (Å²) in [6, 6.07) is 16.3. The molecule has 3 heterocycles. The van der Waals surface area contributed by atoms with Gasteiger partial charge in [0, 0.05) is 48.0 Å². The molecule has 1 N–H and O–H groups in total. The number of aromatic nitrogens is 3. The molecular formula is C39H40F3N5O5S. The number of anilines is 1. The average molecular weight is 748 g/mol. The third-order valence-corrected chi connectivity index (χ3v) is 10.2. The maximum absolute atomic E-state index is 15.4. The number of nitrogens with one attached hydrogen (secondary N) is 1. The van der Waals surface area contributed by atoms with E-state index in [4.69, 9.17) is 14.5 Å². The molecule has 278 valence electrons. The van der Waals surface area contributed by atoms with Crippen molar-refractivity contribution in [1.29, 1.82) is 0 Å². The van der Waals surface area contributed by atoms with Crippen molar-refractivity contribution in [2.45, 2.75) is 70.1 Å². The van der Waals surface area contributed by atoms with Gasteiger partial charge in [-0.25, -0.2) is 41.3 Å². The second kappa shape index (κ2) is 15.4. The molecule has 0 aliphatic carbocycles. The molecule has 1 aliphatic heterocycles. The van der Waals surface area contributed by atoms with Gasteiger partial charge < -0.3 is 19.7 Å². The van der Waals surface area contributed by atoms with Crippen LogP contribution in [0.2, 0.25) is 0 Å². The van der Waals surface area contributed by atoms with E-state index in [2.05, 4.69) is 15.3 Å². The van der Waals surface area contributed by atoms with E-state index in [1.165, 1.54) is 36.4 Å². The van der Waals surface area contributed by atoms with Gasteiger partial charge in [-0.3, -0.25) is 0 Å². The van der Waals surface area contributed by atoms with Gasteiger partial charge in [-0.05, 0) is 87.4 Å². The predicted molar refractivity (Wildman–Crippen MR) is 196 cm³/mol. The summed E-state index contributed by atoms with van der Waals surface area (Å²) in [5, 5.41) is 4.17. The molecule has 5 aromatic rings. The fourth-order valence-corrected chi connectivity index (χ4v) is 7.74. The summed E-state index contributed by atoms with van der Waals surface area (Å²) in [7, 11) is -3.92. The Hall–Kier alpha value is -5.24. The molecule has 1 fully saturated rings. The van der Waals surface area contributed by atoms with Gasteiger partial charge in [0.05, 0.1) is 22.8 Å². The number of halogens is 3. The van der Waals surface area contributed by atoms with E-state index in [1.807, 2.05) is 27.7 Å². The Labute approximate surface area is 306 Å². The zero-order valence-corrected chi connectivity index (χ0v) is 30.6. The second-order valence-electron chi connectivity index (χ2n) is 14.0. The Morgan fingerprint density at radius 2 is 1.74 bits per heavy atom. The zero-order chi connectivity index (χ0) is 37.9. The Kier molecular flexibility index (Phi) is 10.9. The van der Waals surface area contributed by atoms with E-state index < -0.39 is 39.2 Å².